The second kappa shape index (κ2) is 5.36. The Kier molecular flexibility index (Phi) is 3.78. The fraction of sp³-hybridized carbons (Fsp3) is 0.154. The Morgan fingerprint density at radius 3 is 1.90 bits per heavy atom. The molecule has 0 unspecified atom stereocenters. The lowest BCUT2D eigenvalue weighted by Gasteiger charge is -2.21. The summed E-state index contributed by atoms with van der Waals surface area (Å²) in [6, 6.07) is 6.09. The summed E-state index contributed by atoms with van der Waals surface area (Å²) in [6.45, 7) is 0. The van der Waals surface area contributed by atoms with Crippen molar-refractivity contribution in [3.8, 4) is 5.75 Å². The van der Waals surface area contributed by atoms with Crippen LogP contribution in [0.4, 0.5) is 28.9 Å². The van der Waals surface area contributed by atoms with Crippen molar-refractivity contribution in [3.05, 3.63) is 47.8 Å². The summed E-state index contributed by atoms with van der Waals surface area (Å²) in [4.78, 5) is 3.49. The van der Waals surface area contributed by atoms with Crippen molar-refractivity contribution in [2.45, 2.75) is 0 Å². The predicted molar refractivity (Wildman–Crippen MR) is 65.1 cm³/mol. The highest BCUT2D eigenvalue weighted by Crippen LogP contribution is 2.31. The molecule has 1 aromatic heterocycles. The lowest BCUT2D eigenvalue weighted by Crippen LogP contribution is -2.16. The van der Waals surface area contributed by atoms with E-state index in [0.29, 0.717) is 11.4 Å². The number of aromatic nitrogens is 1. The van der Waals surface area contributed by atoms with Crippen molar-refractivity contribution in [2.24, 2.45) is 0 Å². The van der Waals surface area contributed by atoms with Crippen LogP contribution in [0.1, 0.15) is 0 Å². The van der Waals surface area contributed by atoms with Crippen LogP contribution in [0.15, 0.2) is 24.3 Å². The third-order valence-corrected chi connectivity index (χ3v) is 2.77. The number of pyridine rings is 1. The van der Waals surface area contributed by atoms with E-state index < -0.39 is 29.2 Å². The number of hydrogen-bond acceptors (Lipinski definition) is 3. The number of methoxy groups -OCH3 is 1. The van der Waals surface area contributed by atoms with Crippen LogP contribution in [0.3, 0.4) is 0 Å². The minimum Gasteiger partial charge on any atom is -0.497 e. The number of anilines is 2. The summed E-state index contributed by atoms with van der Waals surface area (Å²) >= 11 is 0. The molecular formula is C13H10F4N2O. The van der Waals surface area contributed by atoms with Gasteiger partial charge in [-0.05, 0) is 24.3 Å². The van der Waals surface area contributed by atoms with Gasteiger partial charge in [0.1, 0.15) is 11.4 Å². The topological polar surface area (TPSA) is 25.4 Å². The fourth-order valence-electron chi connectivity index (χ4n) is 1.71. The molecule has 1 heterocycles. The predicted octanol–water partition coefficient (Wildman–Crippen LogP) is 3.41. The Bertz CT molecular complexity index is 605. The fourth-order valence-corrected chi connectivity index (χ4v) is 1.71. The summed E-state index contributed by atoms with van der Waals surface area (Å²) in [5, 5.41) is 0. The molecule has 20 heavy (non-hydrogen) atoms. The zero-order valence-electron chi connectivity index (χ0n) is 10.6. The molecule has 0 spiro atoms. The molecule has 2 rings (SSSR count). The summed E-state index contributed by atoms with van der Waals surface area (Å²) in [5.41, 5.74) is -0.520. The largest absolute Gasteiger partial charge is 0.497 e. The first kappa shape index (κ1) is 14.1. The van der Waals surface area contributed by atoms with Gasteiger partial charge in [0, 0.05) is 12.7 Å². The maximum absolute atomic E-state index is 13.6. The van der Waals surface area contributed by atoms with Crippen LogP contribution in [0.2, 0.25) is 0 Å². The summed E-state index contributed by atoms with van der Waals surface area (Å²) in [5.74, 6) is -5.96. The average Bonchev–Trinajstić information content (AvgIpc) is 2.45. The van der Waals surface area contributed by atoms with Gasteiger partial charge in [-0.3, -0.25) is 0 Å². The molecule has 0 aliphatic carbocycles. The van der Waals surface area contributed by atoms with Gasteiger partial charge in [0.05, 0.1) is 7.11 Å². The van der Waals surface area contributed by atoms with Gasteiger partial charge in [-0.1, -0.05) is 0 Å². The molecule has 0 saturated carbocycles. The Labute approximate surface area is 112 Å². The number of ether oxygens (including phenoxy) is 1. The summed E-state index contributed by atoms with van der Waals surface area (Å²) in [7, 11) is 2.74. The number of hydrogen-bond donors (Lipinski definition) is 0. The lowest BCUT2D eigenvalue weighted by molar-refractivity contribution is 0.409. The molecule has 0 amide bonds. The maximum Gasteiger partial charge on any atom is 0.253 e. The number of halogens is 4. The zero-order valence-corrected chi connectivity index (χ0v) is 10.6. The van der Waals surface area contributed by atoms with Gasteiger partial charge in [-0.25, -0.2) is 0 Å². The smallest absolute Gasteiger partial charge is 0.253 e. The van der Waals surface area contributed by atoms with Gasteiger partial charge in [-0.2, -0.15) is 22.5 Å². The van der Waals surface area contributed by atoms with Crippen LogP contribution in [0, 0.1) is 23.5 Å². The van der Waals surface area contributed by atoms with Crippen molar-refractivity contribution in [1.82, 2.24) is 4.98 Å². The Balaban J connectivity index is 2.49. The Hall–Kier alpha value is -2.31. The Morgan fingerprint density at radius 1 is 0.950 bits per heavy atom. The third-order valence-electron chi connectivity index (χ3n) is 2.77. The molecule has 0 aliphatic heterocycles. The van der Waals surface area contributed by atoms with Crippen LogP contribution in [0.25, 0.3) is 0 Å². The first-order valence-corrected chi connectivity index (χ1v) is 5.53. The molecule has 1 aromatic carbocycles. The highest BCUT2D eigenvalue weighted by molar-refractivity contribution is 5.63. The van der Waals surface area contributed by atoms with E-state index in [1.807, 2.05) is 0 Å². The van der Waals surface area contributed by atoms with Crippen molar-refractivity contribution >= 4 is 11.4 Å². The molecule has 0 aliphatic rings. The third kappa shape index (κ3) is 2.38. The molecule has 0 bridgehead atoms. The molecule has 0 N–H and O–H groups in total. The Morgan fingerprint density at radius 2 is 1.45 bits per heavy atom. The van der Waals surface area contributed by atoms with Gasteiger partial charge in [-0.15, -0.1) is 0 Å². The van der Waals surface area contributed by atoms with Gasteiger partial charge < -0.3 is 9.64 Å². The van der Waals surface area contributed by atoms with E-state index in [1.165, 1.54) is 26.3 Å². The molecule has 3 nitrogen and oxygen atoms in total. The van der Waals surface area contributed by atoms with Crippen LogP contribution in [0.5, 0.6) is 5.75 Å². The molecule has 106 valence electrons. The monoisotopic (exact) mass is 286 g/mol. The van der Waals surface area contributed by atoms with E-state index in [-0.39, 0.29) is 0 Å². The number of nitrogens with zero attached hydrogens (tertiary/aromatic N) is 2. The molecular weight excluding hydrogens is 276 g/mol. The van der Waals surface area contributed by atoms with Gasteiger partial charge in [0.25, 0.3) is 11.9 Å². The molecule has 0 radical (unpaired) electrons. The van der Waals surface area contributed by atoms with Crippen molar-refractivity contribution in [2.75, 3.05) is 19.1 Å². The molecule has 2 aromatic rings. The zero-order chi connectivity index (χ0) is 14.9. The van der Waals surface area contributed by atoms with Crippen LogP contribution in [-0.2, 0) is 0 Å². The van der Waals surface area contributed by atoms with E-state index in [1.54, 1.807) is 12.1 Å². The first-order valence-electron chi connectivity index (χ1n) is 5.53. The van der Waals surface area contributed by atoms with Gasteiger partial charge in [0.2, 0.25) is 11.6 Å². The molecule has 0 saturated heterocycles. The summed E-state index contributed by atoms with van der Waals surface area (Å²) in [6.07, 6.45) is 0. The highest BCUT2D eigenvalue weighted by Gasteiger charge is 2.24. The van der Waals surface area contributed by atoms with Crippen molar-refractivity contribution in [1.29, 1.82) is 0 Å². The van der Waals surface area contributed by atoms with Crippen molar-refractivity contribution in [3.63, 3.8) is 0 Å². The average molecular weight is 286 g/mol. The SMILES string of the molecule is COc1ccc(N(C)c2c(F)c(F)nc(F)c2F)cc1. The van der Waals surface area contributed by atoms with E-state index in [4.69, 9.17) is 4.74 Å². The molecule has 7 heteroatoms. The number of rotatable bonds is 3. The van der Waals surface area contributed by atoms with Crippen LogP contribution < -0.4 is 9.64 Å². The normalized spacial score (nSPS) is 10.5. The lowest BCUT2D eigenvalue weighted by atomic mass is 10.2. The quantitative estimate of drug-likeness (QED) is 0.638. The molecule has 0 fully saturated rings. The van der Waals surface area contributed by atoms with E-state index in [9.17, 15) is 17.6 Å². The minimum atomic E-state index is -1.70. The van der Waals surface area contributed by atoms with E-state index in [0.717, 1.165) is 4.90 Å². The first-order chi connectivity index (χ1) is 9.45. The minimum absolute atomic E-state index is 0.327. The standard InChI is InChI=1S/C13H10F4N2O/c1-19(7-3-5-8(20-2)6-4-7)11-9(14)12(16)18-13(17)10(11)15/h3-6H,1-2H3. The van der Waals surface area contributed by atoms with Crippen LogP contribution >= 0.6 is 0 Å². The second-order valence-electron chi connectivity index (χ2n) is 3.93. The maximum atomic E-state index is 13.6. The van der Waals surface area contributed by atoms with E-state index >= 15 is 0 Å². The number of benzene rings is 1. The molecule has 0 atom stereocenters. The summed E-state index contributed by atoms with van der Waals surface area (Å²) < 4.78 is 58.3. The second-order valence-corrected chi connectivity index (χ2v) is 3.93. The van der Waals surface area contributed by atoms with Gasteiger partial charge >= 0.3 is 0 Å². The van der Waals surface area contributed by atoms with Crippen molar-refractivity contribution < 1.29 is 22.3 Å². The van der Waals surface area contributed by atoms with E-state index in [2.05, 4.69) is 4.98 Å². The van der Waals surface area contributed by atoms with Gasteiger partial charge in [0.15, 0.2) is 0 Å². The highest BCUT2D eigenvalue weighted by atomic mass is 19.2. The van der Waals surface area contributed by atoms with Crippen LogP contribution in [-0.4, -0.2) is 19.1 Å².